The summed E-state index contributed by atoms with van der Waals surface area (Å²) in [5, 5.41) is 12.1. The van der Waals surface area contributed by atoms with Gasteiger partial charge in [-0.3, -0.25) is 19.9 Å². The Morgan fingerprint density at radius 1 is 1.50 bits per heavy atom. The molecule has 0 fully saturated rings. The van der Waals surface area contributed by atoms with Gasteiger partial charge in [-0.15, -0.1) is 0 Å². The molecular weight excluding hydrogens is 210 g/mol. The quantitative estimate of drug-likeness (QED) is 0.590. The highest BCUT2D eigenvalue weighted by Gasteiger charge is 2.25. The monoisotopic (exact) mass is 221 g/mol. The number of hydrogen-bond acceptors (Lipinski definition) is 4. The van der Waals surface area contributed by atoms with Crippen molar-refractivity contribution in [1.29, 1.82) is 0 Å². The van der Waals surface area contributed by atoms with E-state index in [1.165, 1.54) is 17.1 Å². The minimum atomic E-state index is -0.494. The number of carbonyl (C=O) groups excluding carboxylic acids is 1. The second-order valence-corrected chi connectivity index (χ2v) is 3.53. The van der Waals surface area contributed by atoms with Gasteiger partial charge in [0.1, 0.15) is 0 Å². The van der Waals surface area contributed by atoms with E-state index in [0.29, 0.717) is 18.5 Å². The Morgan fingerprint density at radius 2 is 2.25 bits per heavy atom. The van der Waals surface area contributed by atoms with Gasteiger partial charge < -0.3 is 0 Å². The highest BCUT2D eigenvalue weighted by atomic mass is 16.6. The molecule has 6 nitrogen and oxygen atoms in total. The third kappa shape index (κ3) is 1.63. The van der Waals surface area contributed by atoms with Crippen molar-refractivity contribution in [1.82, 2.24) is 10.4 Å². The second-order valence-electron chi connectivity index (χ2n) is 3.53. The molecule has 84 valence electrons. The lowest BCUT2D eigenvalue weighted by molar-refractivity contribution is -0.384. The van der Waals surface area contributed by atoms with Gasteiger partial charge in [0.15, 0.2) is 0 Å². The molecule has 0 saturated carbocycles. The van der Waals surface area contributed by atoms with Crippen molar-refractivity contribution >= 4 is 11.6 Å². The summed E-state index contributed by atoms with van der Waals surface area (Å²) in [5.74, 6) is -0.215. The smallest absolute Gasteiger partial charge is 0.270 e. The fraction of sp³-hybridized carbons (Fsp3) is 0.300. The Hall–Kier alpha value is -1.95. The molecule has 6 heteroatoms. The Balaban J connectivity index is 2.44. The number of nitro benzene ring substituents is 1. The molecule has 0 saturated heterocycles. The van der Waals surface area contributed by atoms with E-state index in [4.69, 9.17) is 0 Å². The summed E-state index contributed by atoms with van der Waals surface area (Å²) >= 11 is 0. The van der Waals surface area contributed by atoms with Gasteiger partial charge in [-0.2, -0.15) is 0 Å². The van der Waals surface area contributed by atoms with Gasteiger partial charge in [0, 0.05) is 25.7 Å². The van der Waals surface area contributed by atoms with Gasteiger partial charge in [-0.25, -0.2) is 5.43 Å². The fourth-order valence-electron chi connectivity index (χ4n) is 1.79. The molecule has 1 aromatic carbocycles. The molecule has 0 spiro atoms. The molecule has 0 aliphatic carbocycles. The van der Waals surface area contributed by atoms with Crippen LogP contribution in [0.25, 0.3) is 0 Å². The lowest BCUT2D eigenvalue weighted by atomic mass is 9.99. The highest BCUT2D eigenvalue weighted by molar-refractivity contribution is 5.97. The zero-order chi connectivity index (χ0) is 11.7. The molecule has 1 heterocycles. The van der Waals surface area contributed by atoms with Crippen LogP contribution in [0.5, 0.6) is 0 Å². The topological polar surface area (TPSA) is 75.5 Å². The molecule has 0 bridgehead atoms. The van der Waals surface area contributed by atoms with Gasteiger partial charge >= 0.3 is 0 Å². The number of hydrogen-bond donors (Lipinski definition) is 1. The van der Waals surface area contributed by atoms with Crippen molar-refractivity contribution in [2.45, 2.75) is 6.42 Å². The van der Waals surface area contributed by atoms with Crippen LogP contribution in [0.3, 0.4) is 0 Å². The van der Waals surface area contributed by atoms with E-state index in [1.807, 2.05) is 0 Å². The number of hydrazine groups is 1. The summed E-state index contributed by atoms with van der Waals surface area (Å²) in [4.78, 5) is 22.0. The number of nitrogens with zero attached hydrogens (tertiary/aromatic N) is 2. The maximum Gasteiger partial charge on any atom is 0.270 e. The lowest BCUT2D eigenvalue weighted by Crippen LogP contribution is -2.45. The Kier molecular flexibility index (Phi) is 2.57. The number of benzene rings is 1. The molecule has 0 atom stereocenters. The molecule has 1 amide bonds. The van der Waals surface area contributed by atoms with Crippen LogP contribution >= 0.6 is 0 Å². The average molecular weight is 221 g/mol. The summed E-state index contributed by atoms with van der Waals surface area (Å²) < 4.78 is 0. The molecule has 0 radical (unpaired) electrons. The molecular formula is C10H11N3O3. The van der Waals surface area contributed by atoms with Crippen LogP contribution < -0.4 is 5.43 Å². The molecule has 1 aliphatic rings. The number of fused-ring (bicyclic) bond motifs is 1. The van der Waals surface area contributed by atoms with Crippen LogP contribution in [0, 0.1) is 10.1 Å². The molecule has 2 rings (SSSR count). The first-order chi connectivity index (χ1) is 7.63. The maximum absolute atomic E-state index is 11.9. The number of amides is 1. The van der Waals surface area contributed by atoms with E-state index in [1.54, 1.807) is 13.1 Å². The fourth-order valence-corrected chi connectivity index (χ4v) is 1.79. The van der Waals surface area contributed by atoms with Crippen molar-refractivity contribution in [3.63, 3.8) is 0 Å². The number of non-ortho nitro benzene ring substituents is 1. The van der Waals surface area contributed by atoms with E-state index >= 15 is 0 Å². The van der Waals surface area contributed by atoms with Crippen LogP contribution in [-0.2, 0) is 6.42 Å². The van der Waals surface area contributed by atoms with Gasteiger partial charge in [0.2, 0.25) is 0 Å². The first-order valence-corrected chi connectivity index (χ1v) is 4.90. The standard InChI is InChI=1S/C10H11N3O3/c1-11-12-5-4-7-2-3-8(13(15)16)6-9(7)10(12)14/h2-3,6,11H,4-5H2,1H3. The van der Waals surface area contributed by atoms with E-state index < -0.39 is 4.92 Å². The van der Waals surface area contributed by atoms with Gasteiger partial charge in [0.25, 0.3) is 11.6 Å². The van der Waals surface area contributed by atoms with Gasteiger partial charge in [0.05, 0.1) is 10.5 Å². The number of rotatable bonds is 2. The van der Waals surface area contributed by atoms with Crippen molar-refractivity contribution in [3.05, 3.63) is 39.4 Å². The van der Waals surface area contributed by atoms with Crippen molar-refractivity contribution in [3.8, 4) is 0 Å². The predicted molar refractivity (Wildman–Crippen MR) is 56.9 cm³/mol. The van der Waals surface area contributed by atoms with E-state index in [-0.39, 0.29) is 11.6 Å². The minimum absolute atomic E-state index is 0.0509. The van der Waals surface area contributed by atoms with E-state index in [9.17, 15) is 14.9 Å². The first-order valence-electron chi connectivity index (χ1n) is 4.90. The Labute approximate surface area is 92.0 Å². The van der Waals surface area contributed by atoms with Crippen molar-refractivity contribution < 1.29 is 9.72 Å². The van der Waals surface area contributed by atoms with E-state index in [2.05, 4.69) is 5.43 Å². The van der Waals surface area contributed by atoms with Crippen LogP contribution in [0.4, 0.5) is 5.69 Å². The third-order valence-electron chi connectivity index (χ3n) is 2.65. The number of carbonyl (C=O) groups is 1. The largest absolute Gasteiger partial charge is 0.274 e. The second kappa shape index (κ2) is 3.90. The molecule has 1 N–H and O–H groups in total. The third-order valence-corrected chi connectivity index (χ3v) is 2.65. The van der Waals surface area contributed by atoms with Crippen molar-refractivity contribution in [2.24, 2.45) is 0 Å². The normalized spacial score (nSPS) is 14.8. The first kappa shape index (κ1) is 10.6. The van der Waals surface area contributed by atoms with Crippen LogP contribution in [0.15, 0.2) is 18.2 Å². The highest BCUT2D eigenvalue weighted by Crippen LogP contribution is 2.22. The minimum Gasteiger partial charge on any atom is -0.274 e. The summed E-state index contributed by atoms with van der Waals surface area (Å²) in [5.41, 5.74) is 3.98. The zero-order valence-electron chi connectivity index (χ0n) is 8.77. The Morgan fingerprint density at radius 3 is 2.88 bits per heavy atom. The molecule has 1 aromatic rings. The molecule has 16 heavy (non-hydrogen) atoms. The van der Waals surface area contributed by atoms with Gasteiger partial charge in [-0.1, -0.05) is 6.07 Å². The summed E-state index contributed by atoms with van der Waals surface area (Å²) in [6, 6.07) is 4.42. The Bertz CT molecular complexity index is 459. The number of nitrogens with one attached hydrogen (secondary N) is 1. The van der Waals surface area contributed by atoms with E-state index in [0.717, 1.165) is 5.56 Å². The molecule has 0 unspecified atom stereocenters. The van der Waals surface area contributed by atoms with Crippen LogP contribution in [0.2, 0.25) is 0 Å². The SMILES string of the molecule is CNN1CCc2ccc([N+](=O)[O-])cc2C1=O. The summed E-state index contributed by atoms with van der Waals surface area (Å²) in [6.07, 6.45) is 0.708. The average Bonchev–Trinajstić information content (AvgIpc) is 2.29. The predicted octanol–water partition coefficient (Wildman–Crippen LogP) is 0.727. The summed E-state index contributed by atoms with van der Waals surface area (Å²) in [6.45, 7) is 0.583. The summed E-state index contributed by atoms with van der Waals surface area (Å²) in [7, 11) is 1.65. The molecule has 0 aromatic heterocycles. The van der Waals surface area contributed by atoms with Gasteiger partial charge in [-0.05, 0) is 12.0 Å². The number of nitro groups is 1. The lowest BCUT2D eigenvalue weighted by Gasteiger charge is -2.27. The zero-order valence-corrected chi connectivity index (χ0v) is 8.77. The van der Waals surface area contributed by atoms with Crippen LogP contribution in [-0.4, -0.2) is 29.4 Å². The molecule has 1 aliphatic heterocycles. The maximum atomic E-state index is 11.9. The van der Waals surface area contributed by atoms with Crippen LogP contribution in [0.1, 0.15) is 15.9 Å². The van der Waals surface area contributed by atoms with Crippen molar-refractivity contribution in [2.75, 3.05) is 13.6 Å².